The number of benzene rings is 1. The van der Waals surface area contributed by atoms with Gasteiger partial charge in [-0.25, -0.2) is 0 Å². The molecule has 0 spiro atoms. The van der Waals surface area contributed by atoms with Crippen LogP contribution in [0.5, 0.6) is 0 Å². The van der Waals surface area contributed by atoms with Gasteiger partial charge < -0.3 is 5.32 Å². The first-order valence-corrected chi connectivity index (χ1v) is 6.26. The quantitative estimate of drug-likeness (QED) is 0.889. The molecular formula is C16H14N2O. The van der Waals surface area contributed by atoms with Crippen LogP contribution < -0.4 is 5.32 Å². The monoisotopic (exact) mass is 250 g/mol. The topological polar surface area (TPSA) is 42.0 Å². The molecule has 0 saturated carbocycles. The Kier molecular flexibility index (Phi) is 2.88. The van der Waals surface area contributed by atoms with Crippen LogP contribution in [0.25, 0.3) is 10.9 Å². The van der Waals surface area contributed by atoms with Gasteiger partial charge in [0.05, 0.1) is 11.4 Å². The number of rotatable bonds is 2. The summed E-state index contributed by atoms with van der Waals surface area (Å²) in [4.78, 5) is 16.4. The average molecular weight is 250 g/mol. The highest BCUT2D eigenvalue weighted by Gasteiger charge is 2.14. The van der Waals surface area contributed by atoms with Crippen molar-refractivity contribution in [3.8, 4) is 0 Å². The number of hydrogen-bond acceptors (Lipinski definition) is 2. The first-order valence-electron chi connectivity index (χ1n) is 6.26. The van der Waals surface area contributed by atoms with Crippen molar-refractivity contribution in [1.29, 1.82) is 0 Å². The number of carbonyl (C=O) groups excluding carboxylic acids is 1. The third-order valence-corrected chi connectivity index (χ3v) is 3.15. The second-order valence-corrected chi connectivity index (χ2v) is 4.64. The zero-order valence-corrected chi connectivity index (χ0v) is 10.6. The molecule has 0 atom stereocenters. The van der Waals surface area contributed by atoms with Crippen LogP contribution in [0.1, 0.15) is 5.69 Å². The predicted molar refractivity (Wildman–Crippen MR) is 76.9 cm³/mol. The van der Waals surface area contributed by atoms with Crippen LogP contribution >= 0.6 is 0 Å². The summed E-state index contributed by atoms with van der Waals surface area (Å²) in [5.41, 5.74) is 2.74. The Morgan fingerprint density at radius 2 is 1.95 bits per heavy atom. The molecule has 1 heterocycles. The second kappa shape index (κ2) is 4.69. The highest BCUT2D eigenvalue weighted by Crippen LogP contribution is 2.19. The van der Waals surface area contributed by atoms with E-state index < -0.39 is 0 Å². The lowest BCUT2D eigenvalue weighted by molar-refractivity contribution is -0.117. The highest BCUT2D eigenvalue weighted by atomic mass is 16.1. The third-order valence-electron chi connectivity index (χ3n) is 3.15. The number of pyridine rings is 1. The van der Waals surface area contributed by atoms with Crippen LogP contribution in [-0.2, 0) is 4.79 Å². The maximum atomic E-state index is 12.0. The van der Waals surface area contributed by atoms with E-state index in [4.69, 9.17) is 0 Å². The van der Waals surface area contributed by atoms with Crippen LogP contribution in [0.15, 0.2) is 54.6 Å². The van der Waals surface area contributed by atoms with Crippen LogP contribution in [-0.4, -0.2) is 10.9 Å². The Bertz CT molecular complexity index is 689. The van der Waals surface area contributed by atoms with E-state index >= 15 is 0 Å². The molecule has 1 aromatic carbocycles. The summed E-state index contributed by atoms with van der Waals surface area (Å²) < 4.78 is 0. The summed E-state index contributed by atoms with van der Waals surface area (Å²) in [6, 6.07) is 9.74. The number of fused-ring (bicyclic) bond motifs is 1. The minimum atomic E-state index is -0.160. The molecule has 0 unspecified atom stereocenters. The number of allylic oxidation sites excluding steroid dienone is 2. The number of nitrogens with zero attached hydrogens (tertiary/aromatic N) is 1. The van der Waals surface area contributed by atoms with E-state index in [0.29, 0.717) is 0 Å². The van der Waals surface area contributed by atoms with Gasteiger partial charge in [-0.1, -0.05) is 30.4 Å². The molecule has 1 N–H and O–H groups in total. The Morgan fingerprint density at radius 1 is 1.16 bits per heavy atom. The predicted octanol–water partition coefficient (Wildman–Crippen LogP) is 3.22. The van der Waals surface area contributed by atoms with E-state index in [0.717, 1.165) is 22.3 Å². The molecule has 1 aliphatic rings. The van der Waals surface area contributed by atoms with Gasteiger partial charge in [-0.15, -0.1) is 0 Å². The molecule has 19 heavy (non-hydrogen) atoms. The van der Waals surface area contributed by atoms with E-state index in [1.54, 1.807) is 0 Å². The molecule has 0 bridgehead atoms. The molecule has 3 nitrogen and oxygen atoms in total. The normalized spacial score (nSPS) is 14.2. The minimum absolute atomic E-state index is 0.00980. The number of amides is 1. The van der Waals surface area contributed by atoms with Crippen LogP contribution in [0.2, 0.25) is 0 Å². The smallest absolute Gasteiger partial charge is 0.235 e. The van der Waals surface area contributed by atoms with Gasteiger partial charge in [-0.3, -0.25) is 9.78 Å². The molecular weight excluding hydrogens is 236 g/mol. The number of aromatic nitrogens is 1. The summed E-state index contributed by atoms with van der Waals surface area (Å²) in [6.07, 6.45) is 7.53. The fraction of sp³-hybridized carbons (Fsp3) is 0.125. The van der Waals surface area contributed by atoms with Crippen molar-refractivity contribution in [3.63, 3.8) is 0 Å². The summed E-state index contributed by atoms with van der Waals surface area (Å²) in [5, 5.41) is 3.95. The van der Waals surface area contributed by atoms with Crippen LogP contribution in [0.3, 0.4) is 0 Å². The standard InChI is InChI=1S/C16H14N2O/c1-11-6-7-13-10-14(8-9-15(13)17-11)18-16(19)12-4-2-3-5-12/h2-10,12H,1H3,(H,18,19). The molecule has 0 fully saturated rings. The highest BCUT2D eigenvalue weighted by molar-refractivity contribution is 5.97. The molecule has 2 aromatic rings. The van der Waals surface area contributed by atoms with Crippen molar-refractivity contribution >= 4 is 22.5 Å². The summed E-state index contributed by atoms with van der Waals surface area (Å²) in [6.45, 7) is 1.97. The fourth-order valence-electron chi connectivity index (χ4n) is 2.14. The van der Waals surface area contributed by atoms with Gasteiger partial charge in [0.15, 0.2) is 0 Å². The lowest BCUT2D eigenvalue weighted by atomic mass is 10.1. The Morgan fingerprint density at radius 3 is 2.74 bits per heavy atom. The fourth-order valence-corrected chi connectivity index (χ4v) is 2.14. The van der Waals surface area contributed by atoms with Gasteiger partial charge in [-0.05, 0) is 31.2 Å². The van der Waals surface area contributed by atoms with Gasteiger partial charge in [0.25, 0.3) is 0 Å². The zero-order valence-electron chi connectivity index (χ0n) is 10.6. The van der Waals surface area contributed by atoms with Gasteiger partial charge in [0, 0.05) is 16.8 Å². The van der Waals surface area contributed by atoms with Crippen molar-refractivity contribution in [2.45, 2.75) is 6.92 Å². The first kappa shape index (κ1) is 11.7. The number of anilines is 1. The summed E-state index contributed by atoms with van der Waals surface area (Å²) in [7, 11) is 0. The lowest BCUT2D eigenvalue weighted by Gasteiger charge is -2.09. The molecule has 1 amide bonds. The largest absolute Gasteiger partial charge is 0.325 e. The SMILES string of the molecule is Cc1ccc2cc(NC(=O)C3C=CC=C3)ccc2n1. The van der Waals surface area contributed by atoms with E-state index in [2.05, 4.69) is 10.3 Å². The number of aryl methyl sites for hydroxylation is 1. The van der Waals surface area contributed by atoms with E-state index in [1.807, 2.05) is 61.6 Å². The molecule has 0 radical (unpaired) electrons. The van der Waals surface area contributed by atoms with Crippen molar-refractivity contribution in [2.75, 3.05) is 5.32 Å². The number of nitrogens with one attached hydrogen (secondary N) is 1. The van der Waals surface area contributed by atoms with Gasteiger partial charge in [0.1, 0.15) is 0 Å². The molecule has 1 aliphatic carbocycles. The molecule has 1 aromatic heterocycles. The van der Waals surface area contributed by atoms with Crippen molar-refractivity contribution in [1.82, 2.24) is 4.98 Å². The van der Waals surface area contributed by atoms with Crippen molar-refractivity contribution in [3.05, 3.63) is 60.3 Å². The zero-order chi connectivity index (χ0) is 13.2. The van der Waals surface area contributed by atoms with Crippen LogP contribution in [0, 0.1) is 12.8 Å². The lowest BCUT2D eigenvalue weighted by Crippen LogP contribution is -2.18. The third kappa shape index (κ3) is 2.40. The van der Waals surface area contributed by atoms with Gasteiger partial charge >= 0.3 is 0 Å². The van der Waals surface area contributed by atoms with E-state index in [9.17, 15) is 4.79 Å². The number of hydrogen-bond donors (Lipinski definition) is 1. The summed E-state index contributed by atoms with van der Waals surface area (Å²) >= 11 is 0. The van der Waals surface area contributed by atoms with E-state index in [-0.39, 0.29) is 11.8 Å². The van der Waals surface area contributed by atoms with Gasteiger partial charge in [-0.2, -0.15) is 0 Å². The maximum Gasteiger partial charge on any atom is 0.235 e. The van der Waals surface area contributed by atoms with Gasteiger partial charge in [0.2, 0.25) is 5.91 Å². The maximum absolute atomic E-state index is 12.0. The minimum Gasteiger partial charge on any atom is -0.325 e. The Hall–Kier alpha value is -2.42. The Balaban J connectivity index is 1.85. The number of carbonyl (C=O) groups is 1. The molecule has 3 heteroatoms. The summed E-state index contributed by atoms with van der Waals surface area (Å²) in [5.74, 6) is -0.170. The first-order chi connectivity index (χ1) is 9.22. The molecule has 3 rings (SSSR count). The Labute approximate surface area is 111 Å². The molecule has 94 valence electrons. The van der Waals surface area contributed by atoms with E-state index in [1.165, 1.54) is 0 Å². The van der Waals surface area contributed by atoms with Crippen molar-refractivity contribution < 1.29 is 4.79 Å². The average Bonchev–Trinajstić information content (AvgIpc) is 2.93. The van der Waals surface area contributed by atoms with Crippen molar-refractivity contribution in [2.24, 2.45) is 5.92 Å². The molecule has 0 saturated heterocycles. The second-order valence-electron chi connectivity index (χ2n) is 4.64. The molecule has 0 aliphatic heterocycles. The van der Waals surface area contributed by atoms with Crippen LogP contribution in [0.4, 0.5) is 5.69 Å².